The molecule has 19 heavy (non-hydrogen) atoms. The highest BCUT2D eigenvalue weighted by Gasteiger charge is 2.21. The van der Waals surface area contributed by atoms with E-state index in [1.165, 1.54) is 0 Å². The van der Waals surface area contributed by atoms with Gasteiger partial charge in [-0.1, -0.05) is 0 Å². The summed E-state index contributed by atoms with van der Waals surface area (Å²) in [6.07, 6.45) is 2.86. The highest BCUT2D eigenvalue weighted by Crippen LogP contribution is 2.13. The van der Waals surface area contributed by atoms with E-state index >= 15 is 0 Å². The SMILES string of the molecule is O=S(=O)(CC1CCCCO1)NCCN1CCNCC1. The minimum Gasteiger partial charge on any atom is -0.377 e. The molecule has 0 aromatic carbocycles. The Bertz CT molecular complexity index is 349. The molecule has 2 saturated heterocycles. The van der Waals surface area contributed by atoms with E-state index in [0.717, 1.165) is 52.0 Å². The van der Waals surface area contributed by atoms with Gasteiger partial charge >= 0.3 is 0 Å². The molecule has 2 rings (SSSR count). The van der Waals surface area contributed by atoms with Crippen molar-refractivity contribution in [1.29, 1.82) is 0 Å². The molecule has 0 radical (unpaired) electrons. The molecule has 112 valence electrons. The van der Waals surface area contributed by atoms with E-state index in [1.54, 1.807) is 0 Å². The largest absolute Gasteiger partial charge is 0.377 e. The smallest absolute Gasteiger partial charge is 0.214 e. The molecule has 0 bridgehead atoms. The fraction of sp³-hybridized carbons (Fsp3) is 1.00. The van der Waals surface area contributed by atoms with Crippen molar-refractivity contribution < 1.29 is 13.2 Å². The third kappa shape index (κ3) is 5.74. The van der Waals surface area contributed by atoms with Crippen molar-refractivity contribution >= 4 is 10.0 Å². The molecule has 2 aliphatic heterocycles. The molecule has 0 aromatic rings. The Morgan fingerprint density at radius 3 is 2.74 bits per heavy atom. The Labute approximate surface area is 115 Å². The molecule has 6 nitrogen and oxygen atoms in total. The summed E-state index contributed by atoms with van der Waals surface area (Å²) in [5, 5.41) is 3.28. The van der Waals surface area contributed by atoms with E-state index < -0.39 is 10.0 Å². The summed E-state index contributed by atoms with van der Waals surface area (Å²) in [5.41, 5.74) is 0. The lowest BCUT2D eigenvalue weighted by atomic mass is 10.1. The molecule has 0 amide bonds. The molecule has 2 heterocycles. The Balaban J connectivity index is 1.65. The van der Waals surface area contributed by atoms with Gasteiger partial charge in [-0.25, -0.2) is 13.1 Å². The topological polar surface area (TPSA) is 70.7 Å². The van der Waals surface area contributed by atoms with Gasteiger partial charge in [0.1, 0.15) is 0 Å². The van der Waals surface area contributed by atoms with Crippen LogP contribution in [0.5, 0.6) is 0 Å². The van der Waals surface area contributed by atoms with Crippen LogP contribution in [0.3, 0.4) is 0 Å². The first-order chi connectivity index (χ1) is 9.16. The van der Waals surface area contributed by atoms with Crippen molar-refractivity contribution in [3.63, 3.8) is 0 Å². The average molecular weight is 291 g/mol. The number of hydrogen-bond donors (Lipinski definition) is 2. The Morgan fingerprint density at radius 2 is 2.05 bits per heavy atom. The number of nitrogens with zero attached hydrogens (tertiary/aromatic N) is 1. The number of piperazine rings is 1. The van der Waals surface area contributed by atoms with Gasteiger partial charge in [-0.2, -0.15) is 0 Å². The van der Waals surface area contributed by atoms with Gasteiger partial charge < -0.3 is 10.1 Å². The second kappa shape index (κ2) is 7.54. The molecule has 2 fully saturated rings. The fourth-order valence-electron chi connectivity index (χ4n) is 2.54. The van der Waals surface area contributed by atoms with Gasteiger partial charge in [-0.05, 0) is 19.3 Å². The number of rotatable bonds is 6. The predicted molar refractivity (Wildman–Crippen MR) is 74.7 cm³/mol. The zero-order chi connectivity index (χ0) is 13.6. The molecule has 2 N–H and O–H groups in total. The van der Waals surface area contributed by atoms with Crippen LogP contribution >= 0.6 is 0 Å². The van der Waals surface area contributed by atoms with Gasteiger partial charge in [0.05, 0.1) is 11.9 Å². The van der Waals surface area contributed by atoms with E-state index in [9.17, 15) is 8.42 Å². The highest BCUT2D eigenvalue weighted by molar-refractivity contribution is 7.89. The van der Waals surface area contributed by atoms with E-state index in [0.29, 0.717) is 13.2 Å². The summed E-state index contributed by atoms with van der Waals surface area (Å²) < 4.78 is 32.0. The second-order valence-electron chi connectivity index (χ2n) is 5.26. The zero-order valence-corrected chi connectivity index (χ0v) is 12.3. The van der Waals surface area contributed by atoms with Gasteiger partial charge in [-0.3, -0.25) is 4.90 Å². The first-order valence-electron chi connectivity index (χ1n) is 7.18. The standard InChI is InChI=1S/C12H25N3O3S/c16-19(17,11-12-3-1-2-10-18-12)14-6-9-15-7-4-13-5-8-15/h12-14H,1-11H2. The predicted octanol–water partition coefficient (Wildman–Crippen LogP) is -0.620. The molecule has 1 atom stereocenters. The van der Waals surface area contributed by atoms with E-state index in [4.69, 9.17) is 4.74 Å². The molecule has 0 aliphatic carbocycles. The van der Waals surface area contributed by atoms with Crippen LogP contribution in [0.25, 0.3) is 0 Å². The summed E-state index contributed by atoms with van der Waals surface area (Å²) in [6.45, 7) is 5.94. The van der Waals surface area contributed by atoms with Gasteiger partial charge in [0.25, 0.3) is 0 Å². The third-order valence-electron chi connectivity index (χ3n) is 3.64. The number of ether oxygens (including phenoxy) is 1. The van der Waals surface area contributed by atoms with Gasteiger partial charge in [0.15, 0.2) is 0 Å². The van der Waals surface area contributed by atoms with E-state index in [1.807, 2.05) is 0 Å². The minimum absolute atomic E-state index is 0.106. The number of hydrogen-bond acceptors (Lipinski definition) is 5. The van der Waals surface area contributed by atoms with Gasteiger partial charge in [0.2, 0.25) is 10.0 Å². The normalized spacial score (nSPS) is 26.4. The summed E-state index contributed by atoms with van der Waals surface area (Å²) in [4.78, 5) is 2.27. The molecule has 0 spiro atoms. The van der Waals surface area contributed by atoms with Crippen molar-refractivity contribution in [3.8, 4) is 0 Å². The van der Waals surface area contributed by atoms with Crippen LogP contribution in [-0.4, -0.2) is 71.0 Å². The van der Waals surface area contributed by atoms with Crippen molar-refractivity contribution in [2.75, 3.05) is 51.6 Å². The molecule has 7 heteroatoms. The second-order valence-corrected chi connectivity index (χ2v) is 7.11. The van der Waals surface area contributed by atoms with Crippen molar-refractivity contribution in [2.45, 2.75) is 25.4 Å². The first-order valence-corrected chi connectivity index (χ1v) is 8.83. The van der Waals surface area contributed by atoms with Crippen LogP contribution in [0.1, 0.15) is 19.3 Å². The molecule has 0 aromatic heterocycles. The maximum absolute atomic E-state index is 11.9. The average Bonchev–Trinajstić information content (AvgIpc) is 2.40. The van der Waals surface area contributed by atoms with Gasteiger partial charge in [-0.15, -0.1) is 0 Å². The third-order valence-corrected chi connectivity index (χ3v) is 5.09. The number of nitrogens with one attached hydrogen (secondary N) is 2. The molecule has 0 saturated carbocycles. The van der Waals surface area contributed by atoms with Crippen LogP contribution in [0.4, 0.5) is 0 Å². The quantitative estimate of drug-likeness (QED) is 0.682. The summed E-state index contributed by atoms with van der Waals surface area (Å²) in [5.74, 6) is 0.106. The lowest BCUT2D eigenvalue weighted by molar-refractivity contribution is 0.0304. The molecule has 2 aliphatic rings. The lowest BCUT2D eigenvalue weighted by Crippen LogP contribution is -2.46. The van der Waals surface area contributed by atoms with Crippen molar-refractivity contribution in [2.24, 2.45) is 0 Å². The molecular formula is C12H25N3O3S. The number of sulfonamides is 1. The van der Waals surface area contributed by atoms with Crippen LogP contribution in [0.2, 0.25) is 0 Å². The van der Waals surface area contributed by atoms with Crippen molar-refractivity contribution in [1.82, 2.24) is 14.9 Å². The Kier molecular flexibility index (Phi) is 6.03. The molecular weight excluding hydrogens is 266 g/mol. The van der Waals surface area contributed by atoms with Crippen LogP contribution in [-0.2, 0) is 14.8 Å². The maximum atomic E-state index is 11.9. The summed E-state index contributed by atoms with van der Waals surface area (Å²) >= 11 is 0. The lowest BCUT2D eigenvalue weighted by Gasteiger charge is -2.27. The van der Waals surface area contributed by atoms with Gasteiger partial charge in [0, 0.05) is 45.9 Å². The highest BCUT2D eigenvalue weighted by atomic mass is 32.2. The minimum atomic E-state index is -3.20. The van der Waals surface area contributed by atoms with Crippen molar-refractivity contribution in [3.05, 3.63) is 0 Å². The Hall–Kier alpha value is -0.210. The van der Waals surface area contributed by atoms with Crippen LogP contribution < -0.4 is 10.0 Å². The van der Waals surface area contributed by atoms with Crippen LogP contribution in [0, 0.1) is 0 Å². The molecule has 1 unspecified atom stereocenters. The first kappa shape index (κ1) is 15.2. The monoisotopic (exact) mass is 291 g/mol. The fourth-order valence-corrected chi connectivity index (χ4v) is 3.81. The zero-order valence-electron chi connectivity index (χ0n) is 11.4. The summed E-state index contributed by atoms with van der Waals surface area (Å²) in [6, 6.07) is 0. The maximum Gasteiger partial charge on any atom is 0.214 e. The van der Waals surface area contributed by atoms with E-state index in [-0.39, 0.29) is 11.9 Å². The Morgan fingerprint density at radius 1 is 1.26 bits per heavy atom. The summed E-state index contributed by atoms with van der Waals surface area (Å²) in [7, 11) is -3.20. The van der Waals surface area contributed by atoms with Crippen LogP contribution in [0.15, 0.2) is 0 Å². The van der Waals surface area contributed by atoms with E-state index in [2.05, 4.69) is 14.9 Å².